The molecule has 1 atom stereocenters. The molecule has 0 spiro atoms. The fourth-order valence-corrected chi connectivity index (χ4v) is 2.10. The van der Waals surface area contributed by atoms with E-state index in [-0.39, 0.29) is 0 Å². The van der Waals surface area contributed by atoms with Gasteiger partial charge in [0.25, 0.3) is 0 Å². The number of allylic oxidation sites excluding steroid dienone is 1. The van der Waals surface area contributed by atoms with Crippen LogP contribution in [0.5, 0.6) is 0 Å². The molecule has 1 N–H and O–H groups in total. The third-order valence-corrected chi connectivity index (χ3v) is 2.59. The van der Waals surface area contributed by atoms with E-state index >= 15 is 0 Å². The quantitative estimate of drug-likeness (QED) is 0.820. The van der Waals surface area contributed by atoms with E-state index in [0.717, 1.165) is 16.5 Å². The van der Waals surface area contributed by atoms with Crippen LogP contribution in [-0.4, -0.2) is 5.11 Å². The van der Waals surface area contributed by atoms with Gasteiger partial charge < -0.3 is 5.11 Å². The van der Waals surface area contributed by atoms with Crippen molar-refractivity contribution in [1.29, 1.82) is 0 Å². The van der Waals surface area contributed by atoms with Gasteiger partial charge in [-0.15, -0.1) is 6.58 Å². The molecule has 0 bridgehead atoms. The molecule has 0 saturated heterocycles. The van der Waals surface area contributed by atoms with E-state index in [1.54, 1.807) is 18.2 Å². The van der Waals surface area contributed by atoms with Gasteiger partial charge in [0.1, 0.15) is 0 Å². The second kappa shape index (κ2) is 5.54. The molecule has 0 fully saturated rings. The summed E-state index contributed by atoms with van der Waals surface area (Å²) in [6, 6.07) is 5.45. The molecule has 1 rings (SSSR count). The highest BCUT2D eigenvalue weighted by Gasteiger charge is 2.07. The minimum atomic E-state index is -0.469. The monoisotopic (exact) mass is 274 g/mol. The first-order valence-corrected chi connectivity index (χ1v) is 5.55. The maximum Gasteiger partial charge on any atom is 0.0793 e. The van der Waals surface area contributed by atoms with Crippen LogP contribution in [0.15, 0.2) is 35.3 Å². The van der Waals surface area contributed by atoms with Crippen molar-refractivity contribution >= 4 is 27.5 Å². The van der Waals surface area contributed by atoms with E-state index in [0.29, 0.717) is 11.4 Å². The van der Waals surface area contributed by atoms with Crippen LogP contribution < -0.4 is 0 Å². The summed E-state index contributed by atoms with van der Waals surface area (Å²) < 4.78 is 0.887. The zero-order valence-corrected chi connectivity index (χ0v) is 10.1. The summed E-state index contributed by atoms with van der Waals surface area (Å²) in [6.45, 7) is 3.61. The third kappa shape index (κ3) is 3.45. The summed E-state index contributed by atoms with van der Waals surface area (Å²) in [4.78, 5) is 0. The highest BCUT2D eigenvalue weighted by molar-refractivity contribution is 9.10. The van der Waals surface area contributed by atoms with Gasteiger partial charge in [0.15, 0.2) is 0 Å². The van der Waals surface area contributed by atoms with Crippen LogP contribution in [0, 0.1) is 0 Å². The Morgan fingerprint density at radius 2 is 2.21 bits per heavy atom. The fraction of sp³-hybridized carbons (Fsp3) is 0.273. The van der Waals surface area contributed by atoms with Gasteiger partial charge in [-0.05, 0) is 36.6 Å². The van der Waals surface area contributed by atoms with Crippen molar-refractivity contribution in [2.75, 3.05) is 0 Å². The van der Waals surface area contributed by atoms with Crippen LogP contribution in [0.3, 0.4) is 0 Å². The molecule has 76 valence electrons. The highest BCUT2D eigenvalue weighted by Crippen LogP contribution is 2.26. The summed E-state index contributed by atoms with van der Waals surface area (Å²) >= 11 is 9.20. The smallest absolute Gasteiger partial charge is 0.0793 e. The van der Waals surface area contributed by atoms with Crippen LogP contribution in [0.2, 0.25) is 5.02 Å². The zero-order valence-electron chi connectivity index (χ0n) is 7.71. The van der Waals surface area contributed by atoms with Crippen molar-refractivity contribution in [3.05, 3.63) is 45.9 Å². The Morgan fingerprint density at radius 3 is 2.79 bits per heavy atom. The number of hydrogen-bond donors (Lipinski definition) is 1. The minimum Gasteiger partial charge on any atom is -0.388 e. The van der Waals surface area contributed by atoms with Gasteiger partial charge in [-0.2, -0.15) is 0 Å². The number of benzene rings is 1. The Bertz CT molecular complexity index is 305. The fourth-order valence-electron chi connectivity index (χ4n) is 1.21. The molecule has 0 aliphatic rings. The van der Waals surface area contributed by atoms with Crippen LogP contribution in [-0.2, 0) is 0 Å². The van der Waals surface area contributed by atoms with Gasteiger partial charge in [0, 0.05) is 9.50 Å². The largest absolute Gasteiger partial charge is 0.388 e. The number of hydrogen-bond acceptors (Lipinski definition) is 1. The molecule has 0 aliphatic carbocycles. The van der Waals surface area contributed by atoms with Gasteiger partial charge in [-0.25, -0.2) is 0 Å². The average molecular weight is 276 g/mol. The average Bonchev–Trinajstić information content (AvgIpc) is 2.12. The van der Waals surface area contributed by atoms with Crippen molar-refractivity contribution < 1.29 is 5.11 Å². The summed E-state index contributed by atoms with van der Waals surface area (Å²) in [5.41, 5.74) is 0.839. The van der Waals surface area contributed by atoms with Crippen LogP contribution >= 0.6 is 27.5 Å². The summed E-state index contributed by atoms with van der Waals surface area (Å²) in [7, 11) is 0. The summed E-state index contributed by atoms with van der Waals surface area (Å²) in [5, 5.41) is 10.4. The third-order valence-electron chi connectivity index (χ3n) is 1.91. The van der Waals surface area contributed by atoms with Crippen LogP contribution in [0.1, 0.15) is 24.5 Å². The maximum atomic E-state index is 9.77. The molecule has 1 unspecified atom stereocenters. The van der Waals surface area contributed by atoms with Crippen molar-refractivity contribution in [2.24, 2.45) is 0 Å². The summed E-state index contributed by atoms with van der Waals surface area (Å²) in [6.07, 6.45) is 2.80. The van der Waals surface area contributed by atoms with E-state index in [9.17, 15) is 5.11 Å². The molecule has 3 heteroatoms. The molecular weight excluding hydrogens is 263 g/mol. The lowest BCUT2D eigenvalue weighted by Gasteiger charge is -2.10. The Hall–Kier alpha value is -0.310. The first-order chi connectivity index (χ1) is 6.63. The van der Waals surface area contributed by atoms with Gasteiger partial charge in [-0.1, -0.05) is 33.6 Å². The molecular formula is C11H12BrClO. The second-order valence-electron chi connectivity index (χ2n) is 3.08. The maximum absolute atomic E-state index is 9.77. The van der Waals surface area contributed by atoms with Gasteiger partial charge in [-0.3, -0.25) is 0 Å². The van der Waals surface area contributed by atoms with Gasteiger partial charge >= 0.3 is 0 Å². The molecule has 0 saturated carbocycles. The van der Waals surface area contributed by atoms with Crippen LogP contribution in [0.25, 0.3) is 0 Å². The minimum absolute atomic E-state index is 0.469. The summed E-state index contributed by atoms with van der Waals surface area (Å²) in [5.74, 6) is 0. The molecule has 0 aromatic heterocycles. The van der Waals surface area contributed by atoms with Gasteiger partial charge in [0.05, 0.1) is 6.10 Å². The molecule has 1 nitrogen and oxygen atoms in total. The molecule has 1 aromatic carbocycles. The van der Waals surface area contributed by atoms with Gasteiger partial charge in [0.2, 0.25) is 0 Å². The predicted molar refractivity (Wildman–Crippen MR) is 63.5 cm³/mol. The van der Waals surface area contributed by atoms with Crippen molar-refractivity contribution in [3.63, 3.8) is 0 Å². The number of aliphatic hydroxyl groups excluding tert-OH is 1. The number of rotatable bonds is 4. The SMILES string of the molecule is C=CCCC(O)c1cc(Cl)cc(Br)c1. The molecule has 1 aromatic rings. The molecule has 14 heavy (non-hydrogen) atoms. The second-order valence-corrected chi connectivity index (χ2v) is 4.44. The lowest BCUT2D eigenvalue weighted by atomic mass is 10.1. The molecule has 0 heterocycles. The molecule has 0 aliphatic heterocycles. The number of halogens is 2. The Balaban J connectivity index is 2.78. The first-order valence-electron chi connectivity index (χ1n) is 4.38. The predicted octanol–water partition coefficient (Wildman–Crippen LogP) is 4.10. The van der Waals surface area contributed by atoms with Crippen molar-refractivity contribution in [2.45, 2.75) is 18.9 Å². The van der Waals surface area contributed by atoms with E-state index in [1.165, 1.54) is 0 Å². The lowest BCUT2D eigenvalue weighted by Crippen LogP contribution is -1.96. The number of aliphatic hydroxyl groups is 1. The van der Waals surface area contributed by atoms with Crippen molar-refractivity contribution in [1.82, 2.24) is 0 Å². The highest BCUT2D eigenvalue weighted by atomic mass is 79.9. The normalized spacial score (nSPS) is 12.5. The van der Waals surface area contributed by atoms with Crippen molar-refractivity contribution in [3.8, 4) is 0 Å². The Kier molecular flexibility index (Phi) is 4.66. The van der Waals surface area contributed by atoms with E-state index in [4.69, 9.17) is 11.6 Å². The topological polar surface area (TPSA) is 20.2 Å². The Morgan fingerprint density at radius 1 is 1.50 bits per heavy atom. The molecule has 0 radical (unpaired) electrons. The zero-order chi connectivity index (χ0) is 10.6. The Labute approximate surface area is 97.5 Å². The van der Waals surface area contributed by atoms with E-state index in [2.05, 4.69) is 22.5 Å². The first kappa shape index (κ1) is 11.8. The molecule has 0 amide bonds. The van der Waals surface area contributed by atoms with E-state index < -0.39 is 6.10 Å². The standard InChI is InChI=1S/C11H12BrClO/c1-2-3-4-11(14)8-5-9(12)7-10(13)6-8/h2,5-7,11,14H,1,3-4H2. The lowest BCUT2D eigenvalue weighted by molar-refractivity contribution is 0.168. The van der Waals surface area contributed by atoms with E-state index in [1.807, 2.05) is 6.07 Å². The van der Waals surface area contributed by atoms with Crippen LogP contribution in [0.4, 0.5) is 0 Å².